The van der Waals surface area contributed by atoms with Gasteiger partial charge < -0.3 is 15.4 Å². The molecule has 2 amide bonds. The fraction of sp³-hybridized carbons (Fsp3) is 0.389. The fourth-order valence-corrected chi connectivity index (χ4v) is 3.58. The first-order chi connectivity index (χ1) is 12.4. The molecule has 1 fully saturated rings. The number of likely N-dealkylation sites (tertiary alicyclic amines) is 1. The van der Waals surface area contributed by atoms with Crippen LogP contribution in [0.4, 0.5) is 4.79 Å². The van der Waals surface area contributed by atoms with Gasteiger partial charge in [-0.2, -0.15) is 5.10 Å². The summed E-state index contributed by atoms with van der Waals surface area (Å²) in [6.07, 6.45) is 1.65. The molecular formula is C18H21BrN4O3. The number of carbonyl (C=O) groups is 2. The van der Waals surface area contributed by atoms with Gasteiger partial charge in [0.25, 0.3) is 0 Å². The van der Waals surface area contributed by atoms with Gasteiger partial charge in [-0.15, -0.1) is 0 Å². The van der Waals surface area contributed by atoms with Crippen molar-refractivity contribution in [3.63, 3.8) is 0 Å². The second-order valence-corrected chi connectivity index (χ2v) is 7.28. The largest absolute Gasteiger partial charge is 0.460 e. The average Bonchev–Trinajstić information content (AvgIpc) is 3.18. The lowest BCUT2D eigenvalue weighted by Crippen LogP contribution is -2.42. The molecule has 0 bridgehead atoms. The third-order valence-corrected chi connectivity index (χ3v) is 5.16. The summed E-state index contributed by atoms with van der Waals surface area (Å²) in [4.78, 5) is 25.6. The Kier molecular flexibility index (Phi) is 5.31. The van der Waals surface area contributed by atoms with E-state index in [-0.39, 0.29) is 12.6 Å². The number of nitrogens with zero attached hydrogens (tertiary/aromatic N) is 3. The molecule has 0 radical (unpaired) electrons. The van der Waals surface area contributed by atoms with E-state index in [1.165, 1.54) is 0 Å². The molecule has 1 aliphatic heterocycles. The monoisotopic (exact) mass is 420 g/mol. The molecule has 8 heteroatoms. The lowest BCUT2D eigenvalue weighted by molar-refractivity contribution is 0.0420. The Bertz CT molecular complexity index is 832. The molecule has 0 spiro atoms. The Morgan fingerprint density at radius 2 is 2.00 bits per heavy atom. The van der Waals surface area contributed by atoms with E-state index < -0.39 is 12.0 Å². The maximum Gasteiger partial charge on any atom is 0.341 e. The van der Waals surface area contributed by atoms with Crippen LogP contribution < -0.4 is 5.73 Å². The first kappa shape index (κ1) is 18.4. The maximum absolute atomic E-state index is 12.6. The lowest BCUT2D eigenvalue weighted by atomic mass is 10.2. The number of carbonyl (C=O) groups excluding carboxylic acids is 2. The summed E-state index contributed by atoms with van der Waals surface area (Å²) in [6, 6.07) is 7.05. The van der Waals surface area contributed by atoms with Gasteiger partial charge in [-0.25, -0.2) is 14.3 Å². The highest BCUT2D eigenvalue weighted by atomic mass is 79.9. The van der Waals surface area contributed by atoms with Crippen LogP contribution in [-0.4, -0.2) is 45.9 Å². The number of esters is 1. The fourth-order valence-electron chi connectivity index (χ4n) is 3.31. The summed E-state index contributed by atoms with van der Waals surface area (Å²) in [5.41, 5.74) is 8.00. The van der Waals surface area contributed by atoms with Crippen molar-refractivity contribution in [2.75, 3.05) is 13.2 Å². The van der Waals surface area contributed by atoms with Crippen LogP contribution in [0.5, 0.6) is 0 Å². The van der Waals surface area contributed by atoms with Crippen LogP contribution in [0.3, 0.4) is 0 Å². The van der Waals surface area contributed by atoms with Crippen molar-refractivity contribution >= 4 is 27.9 Å². The minimum atomic E-state index is -0.473. The number of nitrogens with two attached hydrogens (primary N) is 1. The van der Waals surface area contributed by atoms with Gasteiger partial charge in [-0.05, 0) is 51.0 Å². The molecule has 7 nitrogen and oxygen atoms in total. The van der Waals surface area contributed by atoms with Crippen molar-refractivity contribution in [1.82, 2.24) is 14.7 Å². The molecule has 0 saturated carbocycles. The number of hydrogen-bond donors (Lipinski definition) is 1. The number of ether oxygens (including phenoxy) is 1. The maximum atomic E-state index is 12.6. The highest BCUT2D eigenvalue weighted by molar-refractivity contribution is 9.10. The molecule has 138 valence electrons. The molecule has 1 saturated heterocycles. The quantitative estimate of drug-likeness (QED) is 0.769. The number of aryl methyl sites for hydroxylation is 1. The first-order valence-electron chi connectivity index (χ1n) is 8.44. The normalized spacial score (nSPS) is 16.7. The molecule has 2 N–H and O–H groups in total. The van der Waals surface area contributed by atoms with E-state index in [1.54, 1.807) is 16.5 Å². The van der Waals surface area contributed by atoms with E-state index in [2.05, 4.69) is 21.0 Å². The second kappa shape index (κ2) is 7.49. The van der Waals surface area contributed by atoms with Crippen LogP contribution in [0.15, 0.2) is 28.7 Å². The zero-order valence-corrected chi connectivity index (χ0v) is 16.3. The number of halogens is 1. The van der Waals surface area contributed by atoms with Gasteiger partial charge in [0, 0.05) is 11.0 Å². The number of benzene rings is 1. The molecule has 0 aliphatic carbocycles. The predicted molar refractivity (Wildman–Crippen MR) is 100 cm³/mol. The molecule has 2 aromatic rings. The smallest absolute Gasteiger partial charge is 0.341 e. The van der Waals surface area contributed by atoms with Crippen molar-refractivity contribution in [3.05, 3.63) is 45.7 Å². The van der Waals surface area contributed by atoms with Crippen molar-refractivity contribution < 1.29 is 14.3 Å². The van der Waals surface area contributed by atoms with Crippen LogP contribution in [0.25, 0.3) is 5.69 Å². The van der Waals surface area contributed by atoms with Crippen LogP contribution >= 0.6 is 15.9 Å². The van der Waals surface area contributed by atoms with Crippen molar-refractivity contribution in [3.8, 4) is 5.69 Å². The molecule has 3 rings (SSSR count). The Morgan fingerprint density at radius 1 is 1.31 bits per heavy atom. The lowest BCUT2D eigenvalue weighted by Gasteiger charge is -2.22. The number of hydrogen-bond acceptors (Lipinski definition) is 4. The molecule has 1 aliphatic rings. The van der Waals surface area contributed by atoms with Crippen LogP contribution in [-0.2, 0) is 4.74 Å². The Balaban J connectivity index is 1.75. The third-order valence-electron chi connectivity index (χ3n) is 4.63. The van der Waals surface area contributed by atoms with E-state index in [1.807, 2.05) is 31.2 Å². The average molecular weight is 421 g/mol. The number of urea groups is 1. The van der Waals surface area contributed by atoms with E-state index in [0.717, 1.165) is 23.0 Å². The van der Waals surface area contributed by atoms with Crippen LogP contribution in [0.1, 0.15) is 34.6 Å². The molecule has 2 heterocycles. The zero-order chi connectivity index (χ0) is 18.8. The molecule has 1 aromatic heterocycles. The summed E-state index contributed by atoms with van der Waals surface area (Å²) in [5.74, 6) is -0.431. The van der Waals surface area contributed by atoms with E-state index in [9.17, 15) is 9.59 Å². The number of amides is 2. The van der Waals surface area contributed by atoms with E-state index in [4.69, 9.17) is 10.5 Å². The van der Waals surface area contributed by atoms with Crippen LogP contribution in [0, 0.1) is 13.8 Å². The van der Waals surface area contributed by atoms with Gasteiger partial charge in [-0.1, -0.05) is 15.9 Å². The standard InChI is InChI=1S/C18H21BrN4O3/c1-11-16(12(2)23(21-11)14-7-5-13(19)6-8-14)17(24)26-10-15-4-3-9-22(15)18(20)25/h5-8,15H,3-4,9-10H2,1-2H3,(H2,20,25). The van der Waals surface area contributed by atoms with Gasteiger partial charge in [0.05, 0.1) is 23.1 Å². The summed E-state index contributed by atoms with van der Waals surface area (Å²) in [5, 5.41) is 4.47. The Labute approximate surface area is 160 Å². The van der Waals surface area contributed by atoms with Gasteiger partial charge in [0.1, 0.15) is 12.2 Å². The van der Waals surface area contributed by atoms with Crippen molar-refractivity contribution in [1.29, 1.82) is 0 Å². The van der Waals surface area contributed by atoms with Gasteiger partial charge >= 0.3 is 12.0 Å². The zero-order valence-electron chi connectivity index (χ0n) is 14.7. The molecule has 26 heavy (non-hydrogen) atoms. The molecule has 1 aromatic carbocycles. The topological polar surface area (TPSA) is 90.5 Å². The van der Waals surface area contributed by atoms with E-state index >= 15 is 0 Å². The van der Waals surface area contributed by atoms with Gasteiger partial charge in [-0.3, -0.25) is 0 Å². The molecular weight excluding hydrogens is 400 g/mol. The molecule has 1 atom stereocenters. The first-order valence-corrected chi connectivity index (χ1v) is 9.23. The van der Waals surface area contributed by atoms with Gasteiger partial charge in [0.15, 0.2) is 0 Å². The summed E-state index contributed by atoms with van der Waals surface area (Å²) in [6.45, 7) is 4.37. The summed E-state index contributed by atoms with van der Waals surface area (Å²) < 4.78 is 8.17. The third kappa shape index (κ3) is 3.60. The van der Waals surface area contributed by atoms with Crippen LogP contribution in [0.2, 0.25) is 0 Å². The Hall–Kier alpha value is -2.35. The number of rotatable bonds is 4. The van der Waals surface area contributed by atoms with Gasteiger partial charge in [0.2, 0.25) is 0 Å². The predicted octanol–water partition coefficient (Wildman–Crippen LogP) is 2.95. The minimum absolute atomic E-state index is 0.143. The molecule has 1 unspecified atom stereocenters. The van der Waals surface area contributed by atoms with Crippen molar-refractivity contribution in [2.45, 2.75) is 32.7 Å². The van der Waals surface area contributed by atoms with Crippen molar-refractivity contribution in [2.24, 2.45) is 5.73 Å². The summed E-state index contributed by atoms with van der Waals surface area (Å²) in [7, 11) is 0. The second-order valence-electron chi connectivity index (χ2n) is 6.36. The highest BCUT2D eigenvalue weighted by Crippen LogP contribution is 2.22. The minimum Gasteiger partial charge on any atom is -0.460 e. The highest BCUT2D eigenvalue weighted by Gasteiger charge is 2.29. The number of aromatic nitrogens is 2. The Morgan fingerprint density at radius 3 is 2.65 bits per heavy atom. The summed E-state index contributed by atoms with van der Waals surface area (Å²) >= 11 is 3.41. The SMILES string of the molecule is Cc1nn(-c2ccc(Br)cc2)c(C)c1C(=O)OCC1CCCN1C(N)=O. The van der Waals surface area contributed by atoms with E-state index in [0.29, 0.717) is 23.5 Å². The number of primary amides is 1.